The molecule has 0 saturated carbocycles. The Hall–Kier alpha value is -3.26. The summed E-state index contributed by atoms with van der Waals surface area (Å²) in [6.07, 6.45) is 2.33. The van der Waals surface area contributed by atoms with Gasteiger partial charge in [0.15, 0.2) is 11.5 Å². The molecular weight excluding hydrogens is 340 g/mol. The molecule has 1 N–H and O–H groups in total. The van der Waals surface area contributed by atoms with Crippen molar-refractivity contribution in [2.75, 3.05) is 12.4 Å². The normalized spacial score (nSPS) is 11.0. The van der Waals surface area contributed by atoms with Gasteiger partial charge in [-0.2, -0.15) is 5.26 Å². The van der Waals surface area contributed by atoms with Crippen LogP contribution in [0.25, 0.3) is 6.08 Å². The van der Waals surface area contributed by atoms with E-state index >= 15 is 0 Å². The number of rotatable bonds is 7. The average molecular weight is 364 g/mol. The zero-order valence-electron chi connectivity index (χ0n) is 16.1. The standard InChI is InChI=1S/C22H24N2O3/c1-5-17-8-6-7-9-19(17)24-22(25)18(14-23)12-16-10-11-20(27-15(2)3)21(13-16)26-4/h6-13,15H,5H2,1-4H3,(H,24,25)/b18-12+. The van der Waals surface area contributed by atoms with Crippen molar-refractivity contribution in [3.8, 4) is 17.6 Å². The van der Waals surface area contributed by atoms with Gasteiger partial charge in [0.25, 0.3) is 5.91 Å². The lowest BCUT2D eigenvalue weighted by atomic mass is 10.1. The number of para-hydroxylation sites is 1. The minimum atomic E-state index is -0.445. The summed E-state index contributed by atoms with van der Waals surface area (Å²) in [6, 6.07) is 14.8. The molecule has 2 aromatic rings. The topological polar surface area (TPSA) is 71.4 Å². The zero-order chi connectivity index (χ0) is 19.8. The summed E-state index contributed by atoms with van der Waals surface area (Å²) in [5.41, 5.74) is 2.42. The Morgan fingerprint density at radius 1 is 1.22 bits per heavy atom. The highest BCUT2D eigenvalue weighted by Gasteiger charge is 2.13. The van der Waals surface area contributed by atoms with Crippen LogP contribution in [0.15, 0.2) is 48.0 Å². The highest BCUT2D eigenvalue weighted by Crippen LogP contribution is 2.30. The Kier molecular flexibility index (Phi) is 7.01. The van der Waals surface area contributed by atoms with Crippen LogP contribution in [0, 0.1) is 11.3 Å². The van der Waals surface area contributed by atoms with Crippen molar-refractivity contribution in [3.63, 3.8) is 0 Å². The molecule has 0 saturated heterocycles. The van der Waals surface area contributed by atoms with Gasteiger partial charge in [-0.1, -0.05) is 31.2 Å². The number of benzene rings is 2. The number of nitrogens with zero attached hydrogens (tertiary/aromatic N) is 1. The molecule has 0 heterocycles. The highest BCUT2D eigenvalue weighted by molar-refractivity contribution is 6.10. The summed E-state index contributed by atoms with van der Waals surface area (Å²) in [5, 5.41) is 12.2. The van der Waals surface area contributed by atoms with E-state index in [1.165, 1.54) is 6.08 Å². The molecule has 0 atom stereocenters. The van der Waals surface area contributed by atoms with Crippen molar-refractivity contribution in [2.24, 2.45) is 0 Å². The van der Waals surface area contributed by atoms with Crippen molar-refractivity contribution in [3.05, 3.63) is 59.2 Å². The molecule has 5 heteroatoms. The second-order valence-electron chi connectivity index (χ2n) is 6.21. The molecular formula is C22H24N2O3. The van der Waals surface area contributed by atoms with Crippen LogP contribution in [0.2, 0.25) is 0 Å². The Balaban J connectivity index is 2.27. The largest absolute Gasteiger partial charge is 0.493 e. The molecule has 140 valence electrons. The van der Waals surface area contributed by atoms with Gasteiger partial charge in [0.1, 0.15) is 11.6 Å². The summed E-state index contributed by atoms with van der Waals surface area (Å²) in [5.74, 6) is 0.718. The molecule has 0 aliphatic rings. The van der Waals surface area contributed by atoms with E-state index in [-0.39, 0.29) is 11.7 Å². The van der Waals surface area contributed by atoms with Gasteiger partial charge in [-0.15, -0.1) is 0 Å². The summed E-state index contributed by atoms with van der Waals surface area (Å²) < 4.78 is 11.0. The first-order valence-corrected chi connectivity index (χ1v) is 8.84. The summed E-state index contributed by atoms with van der Waals surface area (Å²) >= 11 is 0. The Morgan fingerprint density at radius 3 is 2.59 bits per heavy atom. The minimum absolute atomic E-state index is 0.0133. The summed E-state index contributed by atoms with van der Waals surface area (Å²) in [6.45, 7) is 5.87. The van der Waals surface area contributed by atoms with Crippen molar-refractivity contribution < 1.29 is 14.3 Å². The number of nitriles is 1. The maximum Gasteiger partial charge on any atom is 0.266 e. The van der Waals surface area contributed by atoms with E-state index in [0.717, 1.165) is 12.0 Å². The van der Waals surface area contributed by atoms with Gasteiger partial charge in [0.2, 0.25) is 0 Å². The Bertz CT molecular complexity index is 879. The zero-order valence-corrected chi connectivity index (χ0v) is 16.1. The van der Waals surface area contributed by atoms with Crippen molar-refractivity contribution in [2.45, 2.75) is 33.3 Å². The molecule has 0 aromatic heterocycles. The molecule has 5 nitrogen and oxygen atoms in total. The van der Waals surface area contributed by atoms with Gasteiger partial charge in [-0.25, -0.2) is 0 Å². The van der Waals surface area contributed by atoms with Crippen LogP contribution in [0.3, 0.4) is 0 Å². The van der Waals surface area contributed by atoms with Crippen LogP contribution in [0.5, 0.6) is 11.5 Å². The van der Waals surface area contributed by atoms with Crippen LogP contribution in [-0.4, -0.2) is 19.1 Å². The number of hydrogen-bond donors (Lipinski definition) is 1. The minimum Gasteiger partial charge on any atom is -0.493 e. The second-order valence-corrected chi connectivity index (χ2v) is 6.21. The van der Waals surface area contributed by atoms with Gasteiger partial charge in [-0.3, -0.25) is 4.79 Å². The smallest absolute Gasteiger partial charge is 0.266 e. The first kappa shape index (κ1) is 20.1. The molecule has 0 fully saturated rings. The molecule has 0 unspecified atom stereocenters. The maximum absolute atomic E-state index is 12.5. The molecule has 2 aromatic carbocycles. The SMILES string of the molecule is CCc1ccccc1NC(=O)/C(C#N)=C/c1ccc(OC(C)C)c(OC)c1. The molecule has 1 amide bonds. The number of anilines is 1. The number of nitrogens with one attached hydrogen (secondary N) is 1. The number of methoxy groups -OCH3 is 1. The number of amides is 1. The van der Waals surface area contributed by atoms with E-state index in [2.05, 4.69) is 5.32 Å². The van der Waals surface area contributed by atoms with Crippen LogP contribution in [-0.2, 0) is 11.2 Å². The van der Waals surface area contributed by atoms with E-state index in [4.69, 9.17) is 9.47 Å². The van der Waals surface area contributed by atoms with Gasteiger partial charge < -0.3 is 14.8 Å². The number of hydrogen-bond acceptors (Lipinski definition) is 4. The molecule has 2 rings (SSSR count). The second kappa shape index (κ2) is 9.44. The van der Waals surface area contributed by atoms with E-state index in [0.29, 0.717) is 22.7 Å². The fourth-order valence-corrected chi connectivity index (χ4v) is 2.58. The molecule has 0 spiro atoms. The predicted octanol–water partition coefficient (Wildman–Crippen LogP) is 4.59. The van der Waals surface area contributed by atoms with Crippen molar-refractivity contribution >= 4 is 17.7 Å². The van der Waals surface area contributed by atoms with Crippen LogP contribution >= 0.6 is 0 Å². The van der Waals surface area contributed by atoms with Gasteiger partial charge >= 0.3 is 0 Å². The van der Waals surface area contributed by atoms with Crippen molar-refractivity contribution in [1.29, 1.82) is 5.26 Å². The fourth-order valence-electron chi connectivity index (χ4n) is 2.58. The third kappa shape index (κ3) is 5.35. The monoisotopic (exact) mass is 364 g/mol. The van der Waals surface area contributed by atoms with Gasteiger partial charge in [-0.05, 0) is 55.7 Å². The third-order valence-corrected chi connectivity index (χ3v) is 3.87. The van der Waals surface area contributed by atoms with Gasteiger partial charge in [0, 0.05) is 5.69 Å². The number of ether oxygens (including phenoxy) is 2. The summed E-state index contributed by atoms with van der Waals surface area (Å²) in [7, 11) is 1.55. The van der Waals surface area contributed by atoms with Gasteiger partial charge in [0.05, 0.1) is 13.2 Å². The molecule has 0 aliphatic heterocycles. The lowest BCUT2D eigenvalue weighted by Gasteiger charge is -2.14. The first-order chi connectivity index (χ1) is 13.0. The quantitative estimate of drug-likeness (QED) is 0.576. The fraction of sp³-hybridized carbons (Fsp3) is 0.273. The molecule has 0 radical (unpaired) electrons. The van der Waals surface area contributed by atoms with Crippen molar-refractivity contribution in [1.82, 2.24) is 0 Å². The lowest BCUT2D eigenvalue weighted by molar-refractivity contribution is -0.112. The van der Waals surface area contributed by atoms with Crippen LogP contribution in [0.1, 0.15) is 31.9 Å². The van der Waals surface area contributed by atoms with E-state index in [1.807, 2.05) is 51.1 Å². The molecule has 27 heavy (non-hydrogen) atoms. The van der Waals surface area contributed by atoms with E-state index in [1.54, 1.807) is 25.3 Å². The summed E-state index contributed by atoms with van der Waals surface area (Å²) in [4.78, 5) is 12.5. The third-order valence-electron chi connectivity index (χ3n) is 3.87. The molecule has 0 aliphatic carbocycles. The van der Waals surface area contributed by atoms with E-state index in [9.17, 15) is 10.1 Å². The maximum atomic E-state index is 12.5. The number of carbonyl (C=O) groups is 1. The van der Waals surface area contributed by atoms with E-state index < -0.39 is 5.91 Å². The first-order valence-electron chi connectivity index (χ1n) is 8.84. The number of aryl methyl sites for hydroxylation is 1. The van der Waals surface area contributed by atoms with Crippen LogP contribution < -0.4 is 14.8 Å². The molecule has 0 bridgehead atoms. The highest BCUT2D eigenvalue weighted by atomic mass is 16.5. The van der Waals surface area contributed by atoms with Crippen LogP contribution in [0.4, 0.5) is 5.69 Å². The number of carbonyl (C=O) groups excluding carboxylic acids is 1. The Morgan fingerprint density at radius 2 is 1.96 bits per heavy atom. The lowest BCUT2D eigenvalue weighted by Crippen LogP contribution is -2.14. The average Bonchev–Trinajstić information content (AvgIpc) is 2.66. The Labute approximate surface area is 160 Å². The predicted molar refractivity (Wildman–Crippen MR) is 107 cm³/mol.